The van der Waals surface area contributed by atoms with Crippen LogP contribution in [-0.2, 0) is 20.8 Å². The number of nitrogens with two attached hydrogens (primary N) is 1. The van der Waals surface area contributed by atoms with Gasteiger partial charge in [-0.15, -0.1) is 0 Å². The number of ether oxygens (including phenoxy) is 3. The molecule has 0 bridgehead atoms. The van der Waals surface area contributed by atoms with Crippen LogP contribution in [0.25, 0.3) is 0 Å². The van der Waals surface area contributed by atoms with Crippen LogP contribution >= 0.6 is 0 Å². The molecule has 23 heavy (non-hydrogen) atoms. The number of methoxy groups -OCH3 is 2. The summed E-state index contributed by atoms with van der Waals surface area (Å²) in [6.45, 7) is 1.94. The van der Waals surface area contributed by atoms with E-state index in [0.29, 0.717) is 13.1 Å². The second-order valence-corrected chi connectivity index (χ2v) is 5.73. The van der Waals surface area contributed by atoms with E-state index in [-0.39, 0.29) is 18.6 Å². The third-order valence-electron chi connectivity index (χ3n) is 3.98. The van der Waals surface area contributed by atoms with Crippen LogP contribution in [0.3, 0.4) is 0 Å². The summed E-state index contributed by atoms with van der Waals surface area (Å²) >= 11 is 0. The largest absolute Gasteiger partial charge is 0.496 e. The quantitative estimate of drug-likeness (QED) is 0.778. The average molecular weight is 322 g/mol. The van der Waals surface area contributed by atoms with Crippen LogP contribution in [0, 0.1) is 0 Å². The molecule has 6 heteroatoms. The molecule has 0 aliphatic carbocycles. The number of para-hydroxylation sites is 1. The molecule has 1 fully saturated rings. The predicted molar refractivity (Wildman–Crippen MR) is 87.2 cm³/mol. The zero-order valence-electron chi connectivity index (χ0n) is 13.9. The van der Waals surface area contributed by atoms with Crippen LogP contribution in [0.4, 0.5) is 0 Å². The molecule has 1 aromatic carbocycles. The fraction of sp³-hybridized carbons (Fsp3) is 0.588. The molecule has 0 saturated carbocycles. The first-order valence-corrected chi connectivity index (χ1v) is 7.92. The zero-order valence-corrected chi connectivity index (χ0v) is 13.9. The van der Waals surface area contributed by atoms with Gasteiger partial charge in [-0.25, -0.2) is 0 Å². The lowest BCUT2D eigenvalue weighted by Gasteiger charge is -2.28. The van der Waals surface area contributed by atoms with Gasteiger partial charge >= 0.3 is 0 Å². The molecule has 1 aromatic rings. The summed E-state index contributed by atoms with van der Waals surface area (Å²) in [5.74, 6) is 0.631. The van der Waals surface area contributed by atoms with Crippen LogP contribution < -0.4 is 10.5 Å². The van der Waals surface area contributed by atoms with Gasteiger partial charge in [0.15, 0.2) is 0 Å². The lowest BCUT2D eigenvalue weighted by atomic mass is 10.1. The summed E-state index contributed by atoms with van der Waals surface area (Å²) in [4.78, 5) is 14.4. The van der Waals surface area contributed by atoms with Crippen molar-refractivity contribution < 1.29 is 19.0 Å². The van der Waals surface area contributed by atoms with E-state index in [2.05, 4.69) is 0 Å². The molecule has 2 N–H and O–H groups in total. The number of hydrogen-bond acceptors (Lipinski definition) is 5. The van der Waals surface area contributed by atoms with Crippen molar-refractivity contribution in [3.05, 3.63) is 29.8 Å². The van der Waals surface area contributed by atoms with Crippen molar-refractivity contribution in [2.75, 3.05) is 34.0 Å². The van der Waals surface area contributed by atoms with Crippen LogP contribution in [-0.4, -0.2) is 56.9 Å². The highest BCUT2D eigenvalue weighted by molar-refractivity contribution is 5.82. The molecule has 0 aromatic heterocycles. The Balaban J connectivity index is 2.12. The van der Waals surface area contributed by atoms with Crippen molar-refractivity contribution in [1.29, 1.82) is 0 Å². The minimum atomic E-state index is -0.670. The lowest BCUT2D eigenvalue weighted by molar-refractivity contribution is -0.136. The Morgan fingerprint density at radius 3 is 2.87 bits per heavy atom. The van der Waals surface area contributed by atoms with Crippen molar-refractivity contribution in [1.82, 2.24) is 4.90 Å². The highest BCUT2D eigenvalue weighted by atomic mass is 16.5. The number of rotatable bonds is 8. The van der Waals surface area contributed by atoms with E-state index in [1.165, 1.54) is 7.11 Å². The molecule has 0 radical (unpaired) electrons. The number of carbonyl (C=O) groups is 1. The summed E-state index contributed by atoms with van der Waals surface area (Å²) < 4.78 is 16.1. The highest BCUT2D eigenvalue weighted by Crippen LogP contribution is 2.21. The first-order valence-electron chi connectivity index (χ1n) is 7.92. The van der Waals surface area contributed by atoms with Gasteiger partial charge in [-0.05, 0) is 18.9 Å². The Morgan fingerprint density at radius 2 is 2.22 bits per heavy atom. The van der Waals surface area contributed by atoms with Gasteiger partial charge in [0.1, 0.15) is 11.8 Å². The van der Waals surface area contributed by atoms with Crippen molar-refractivity contribution in [2.24, 2.45) is 5.73 Å². The smallest absolute Gasteiger partial charge is 0.242 e. The number of benzene rings is 1. The van der Waals surface area contributed by atoms with Gasteiger partial charge in [0.05, 0.1) is 19.8 Å². The normalized spacial score (nSPS) is 18.7. The van der Waals surface area contributed by atoms with Gasteiger partial charge in [0.2, 0.25) is 5.91 Å². The SMILES string of the molecule is COCC(N)C(=O)N(Cc1ccccc1OC)CC1CCCO1. The highest BCUT2D eigenvalue weighted by Gasteiger charge is 2.26. The van der Waals surface area contributed by atoms with Gasteiger partial charge < -0.3 is 24.8 Å². The number of nitrogens with zero attached hydrogens (tertiary/aromatic N) is 1. The summed E-state index contributed by atoms with van der Waals surface area (Å²) in [7, 11) is 3.17. The summed E-state index contributed by atoms with van der Waals surface area (Å²) in [5.41, 5.74) is 6.89. The molecule has 2 unspecified atom stereocenters. The van der Waals surface area contributed by atoms with Crippen molar-refractivity contribution >= 4 is 5.91 Å². The third kappa shape index (κ3) is 4.92. The Labute approximate surface area is 137 Å². The molecule has 1 aliphatic rings. The monoisotopic (exact) mass is 322 g/mol. The summed E-state index contributed by atoms with van der Waals surface area (Å²) in [6.07, 6.45) is 2.07. The molecule has 6 nitrogen and oxygen atoms in total. The maximum absolute atomic E-state index is 12.6. The minimum Gasteiger partial charge on any atom is -0.496 e. The van der Waals surface area contributed by atoms with E-state index < -0.39 is 6.04 Å². The van der Waals surface area contributed by atoms with Crippen LogP contribution in [0.1, 0.15) is 18.4 Å². The van der Waals surface area contributed by atoms with E-state index in [1.54, 1.807) is 12.0 Å². The first-order chi connectivity index (χ1) is 11.2. The fourth-order valence-corrected chi connectivity index (χ4v) is 2.79. The van der Waals surface area contributed by atoms with Gasteiger partial charge in [0.25, 0.3) is 0 Å². The Morgan fingerprint density at radius 1 is 1.43 bits per heavy atom. The maximum atomic E-state index is 12.6. The Hall–Kier alpha value is -1.63. The molecule has 2 rings (SSSR count). The summed E-state index contributed by atoms with van der Waals surface area (Å²) in [5, 5.41) is 0. The molecular formula is C17H26N2O4. The first kappa shape index (κ1) is 17.7. The molecular weight excluding hydrogens is 296 g/mol. The second-order valence-electron chi connectivity index (χ2n) is 5.73. The maximum Gasteiger partial charge on any atom is 0.242 e. The van der Waals surface area contributed by atoms with E-state index >= 15 is 0 Å². The number of hydrogen-bond donors (Lipinski definition) is 1. The Bertz CT molecular complexity index is 503. The topological polar surface area (TPSA) is 74.0 Å². The number of amides is 1. The molecule has 1 aliphatic heterocycles. The van der Waals surface area contributed by atoms with Crippen LogP contribution in [0.15, 0.2) is 24.3 Å². The van der Waals surface area contributed by atoms with Gasteiger partial charge in [0, 0.05) is 32.4 Å². The standard InChI is InChI=1S/C17H26N2O4/c1-21-12-15(18)17(20)19(11-14-7-5-9-23-14)10-13-6-3-4-8-16(13)22-2/h3-4,6,8,14-15H,5,7,9-12,18H2,1-2H3. The van der Waals surface area contributed by atoms with Gasteiger partial charge in [-0.3, -0.25) is 4.79 Å². The average Bonchev–Trinajstić information content (AvgIpc) is 3.07. The van der Waals surface area contributed by atoms with Crippen molar-refractivity contribution in [3.8, 4) is 5.75 Å². The van der Waals surface area contributed by atoms with Gasteiger partial charge in [-0.2, -0.15) is 0 Å². The van der Waals surface area contributed by atoms with E-state index in [9.17, 15) is 4.79 Å². The second kappa shape index (κ2) is 8.86. The van der Waals surface area contributed by atoms with E-state index in [1.807, 2.05) is 24.3 Å². The zero-order chi connectivity index (χ0) is 16.7. The minimum absolute atomic E-state index is 0.0726. The summed E-state index contributed by atoms with van der Waals surface area (Å²) in [6, 6.07) is 7.01. The number of carbonyl (C=O) groups excluding carboxylic acids is 1. The van der Waals surface area contributed by atoms with E-state index in [4.69, 9.17) is 19.9 Å². The van der Waals surface area contributed by atoms with Crippen molar-refractivity contribution in [2.45, 2.75) is 31.5 Å². The fourth-order valence-electron chi connectivity index (χ4n) is 2.79. The van der Waals surface area contributed by atoms with Crippen LogP contribution in [0.5, 0.6) is 5.75 Å². The van der Waals surface area contributed by atoms with Crippen molar-refractivity contribution in [3.63, 3.8) is 0 Å². The third-order valence-corrected chi connectivity index (χ3v) is 3.98. The molecule has 1 heterocycles. The van der Waals surface area contributed by atoms with E-state index in [0.717, 1.165) is 30.8 Å². The molecule has 128 valence electrons. The van der Waals surface area contributed by atoms with Gasteiger partial charge in [-0.1, -0.05) is 18.2 Å². The molecule has 1 amide bonds. The predicted octanol–water partition coefficient (Wildman–Crippen LogP) is 1.18. The molecule has 1 saturated heterocycles. The Kier molecular flexibility index (Phi) is 6.83. The lowest BCUT2D eigenvalue weighted by Crippen LogP contribution is -2.48. The van der Waals surface area contributed by atoms with Crippen LogP contribution in [0.2, 0.25) is 0 Å². The molecule has 0 spiro atoms. The molecule has 2 atom stereocenters.